The molecule has 0 radical (unpaired) electrons. The van der Waals surface area contributed by atoms with Crippen LogP contribution in [0.25, 0.3) is 21.8 Å². The standard InChI is InChI=1S/C29H36N6O3/c1-5-26(36)34-25(15-19-17-32-23-13-9-7-11-21(19)23)33-24(27(37)35-28(38)29(2,3)30-4)14-18-16-31-22-12-8-6-10-20(18)22/h6-13,16-17,24-25,30-33H,5,14-15H2,1-4H3,(H,34,36)(H,35,37,38)/t24-,25-/m1/s1. The van der Waals surface area contributed by atoms with Crippen molar-refractivity contribution in [1.29, 1.82) is 0 Å². The van der Waals surface area contributed by atoms with E-state index in [0.717, 1.165) is 32.9 Å². The number of carbonyl (C=O) groups is 3. The average Bonchev–Trinajstić information content (AvgIpc) is 3.52. The maximum atomic E-state index is 13.5. The van der Waals surface area contributed by atoms with E-state index in [0.29, 0.717) is 19.3 Å². The summed E-state index contributed by atoms with van der Waals surface area (Å²) in [7, 11) is 1.67. The highest BCUT2D eigenvalue weighted by molar-refractivity contribution is 6.02. The van der Waals surface area contributed by atoms with Gasteiger partial charge in [-0.2, -0.15) is 0 Å². The predicted octanol–water partition coefficient (Wildman–Crippen LogP) is 2.89. The Bertz CT molecular complexity index is 1440. The molecule has 2 aromatic heterocycles. The molecule has 4 rings (SSSR count). The molecule has 0 bridgehead atoms. The maximum absolute atomic E-state index is 13.5. The predicted molar refractivity (Wildman–Crippen MR) is 149 cm³/mol. The lowest BCUT2D eigenvalue weighted by Gasteiger charge is -2.28. The molecule has 200 valence electrons. The third-order valence-electron chi connectivity index (χ3n) is 7.00. The molecule has 0 aliphatic rings. The molecule has 0 saturated heterocycles. The van der Waals surface area contributed by atoms with Crippen molar-refractivity contribution in [3.63, 3.8) is 0 Å². The number of hydrogen-bond donors (Lipinski definition) is 6. The number of aromatic amines is 2. The van der Waals surface area contributed by atoms with Crippen molar-refractivity contribution in [2.75, 3.05) is 7.05 Å². The number of hydrogen-bond acceptors (Lipinski definition) is 5. The number of H-pyrrole nitrogens is 2. The van der Waals surface area contributed by atoms with E-state index in [4.69, 9.17) is 0 Å². The van der Waals surface area contributed by atoms with Gasteiger partial charge in [0.05, 0.1) is 17.7 Å². The summed E-state index contributed by atoms with van der Waals surface area (Å²) in [5.74, 6) is -1.03. The first-order chi connectivity index (χ1) is 18.2. The Morgan fingerprint density at radius 1 is 0.868 bits per heavy atom. The fourth-order valence-corrected chi connectivity index (χ4v) is 4.43. The van der Waals surface area contributed by atoms with E-state index in [2.05, 4.69) is 31.2 Å². The number of imide groups is 1. The molecule has 6 N–H and O–H groups in total. The van der Waals surface area contributed by atoms with Crippen LogP contribution in [-0.2, 0) is 27.2 Å². The first-order valence-electron chi connectivity index (χ1n) is 12.9. The molecule has 9 heteroatoms. The van der Waals surface area contributed by atoms with Crippen molar-refractivity contribution in [2.24, 2.45) is 0 Å². The highest BCUT2D eigenvalue weighted by atomic mass is 16.2. The number of aromatic nitrogens is 2. The van der Waals surface area contributed by atoms with Gasteiger partial charge < -0.3 is 20.6 Å². The van der Waals surface area contributed by atoms with Crippen LogP contribution in [0.4, 0.5) is 0 Å². The van der Waals surface area contributed by atoms with Crippen LogP contribution >= 0.6 is 0 Å². The molecule has 9 nitrogen and oxygen atoms in total. The second kappa shape index (κ2) is 11.6. The summed E-state index contributed by atoms with van der Waals surface area (Å²) in [5, 5.41) is 13.9. The van der Waals surface area contributed by atoms with Gasteiger partial charge in [0.15, 0.2) is 0 Å². The summed E-state index contributed by atoms with van der Waals surface area (Å²) >= 11 is 0. The minimum Gasteiger partial charge on any atom is -0.361 e. The zero-order valence-electron chi connectivity index (χ0n) is 22.3. The van der Waals surface area contributed by atoms with Crippen molar-refractivity contribution in [1.82, 2.24) is 31.2 Å². The van der Waals surface area contributed by atoms with Gasteiger partial charge in [-0.15, -0.1) is 0 Å². The molecule has 0 fully saturated rings. The Kier molecular flexibility index (Phi) is 8.29. The normalized spacial score (nSPS) is 13.4. The molecule has 4 aromatic rings. The van der Waals surface area contributed by atoms with Crippen LogP contribution in [0.5, 0.6) is 0 Å². The lowest BCUT2D eigenvalue weighted by atomic mass is 10.0. The van der Waals surface area contributed by atoms with Gasteiger partial charge >= 0.3 is 0 Å². The number of amides is 3. The Morgan fingerprint density at radius 2 is 1.42 bits per heavy atom. The molecule has 0 spiro atoms. The molecule has 2 heterocycles. The first kappa shape index (κ1) is 27.1. The van der Waals surface area contributed by atoms with Gasteiger partial charge in [-0.05, 0) is 50.6 Å². The zero-order chi connectivity index (χ0) is 27.3. The van der Waals surface area contributed by atoms with E-state index in [1.54, 1.807) is 27.8 Å². The second-order valence-corrected chi connectivity index (χ2v) is 10.0. The SMILES string of the molecule is CCC(=O)N[C@H](Cc1c[nH]c2ccccc12)N[C@H](Cc1c[nH]c2ccccc12)C(=O)NC(=O)C(C)(C)NC. The molecule has 0 aliphatic carbocycles. The summed E-state index contributed by atoms with van der Waals surface area (Å²) in [6.45, 7) is 5.20. The van der Waals surface area contributed by atoms with Gasteiger partial charge in [0.1, 0.15) is 0 Å². The molecule has 3 amide bonds. The van der Waals surface area contributed by atoms with Crippen LogP contribution in [0.2, 0.25) is 0 Å². The van der Waals surface area contributed by atoms with E-state index in [-0.39, 0.29) is 5.91 Å². The molecular weight excluding hydrogens is 480 g/mol. The number of para-hydroxylation sites is 2. The Labute approximate surface area is 222 Å². The fraction of sp³-hybridized carbons (Fsp3) is 0.345. The Balaban J connectivity index is 1.64. The lowest BCUT2D eigenvalue weighted by molar-refractivity contribution is -0.135. The number of likely N-dealkylation sites (N-methyl/N-ethyl adjacent to an activating group) is 1. The number of rotatable bonds is 11. The van der Waals surface area contributed by atoms with E-state index in [9.17, 15) is 14.4 Å². The fourth-order valence-electron chi connectivity index (χ4n) is 4.43. The van der Waals surface area contributed by atoms with Crippen molar-refractivity contribution < 1.29 is 14.4 Å². The first-order valence-corrected chi connectivity index (χ1v) is 12.9. The summed E-state index contributed by atoms with van der Waals surface area (Å²) in [5.41, 5.74) is 2.97. The van der Waals surface area contributed by atoms with Gasteiger partial charge in [0.25, 0.3) is 0 Å². The summed E-state index contributed by atoms with van der Waals surface area (Å²) in [4.78, 5) is 45.4. The van der Waals surface area contributed by atoms with Crippen molar-refractivity contribution in [3.8, 4) is 0 Å². The Morgan fingerprint density at radius 3 is 1.97 bits per heavy atom. The van der Waals surface area contributed by atoms with Gasteiger partial charge in [0.2, 0.25) is 17.7 Å². The lowest BCUT2D eigenvalue weighted by Crippen LogP contribution is -2.59. The molecular formula is C29H36N6O3. The smallest absolute Gasteiger partial charge is 0.246 e. The second-order valence-electron chi connectivity index (χ2n) is 10.0. The summed E-state index contributed by atoms with van der Waals surface area (Å²) < 4.78 is 0. The quantitative estimate of drug-likeness (QED) is 0.171. The van der Waals surface area contributed by atoms with E-state index < -0.39 is 29.6 Å². The van der Waals surface area contributed by atoms with Crippen LogP contribution in [-0.4, -0.2) is 52.5 Å². The molecule has 2 atom stereocenters. The minimum atomic E-state index is -0.930. The topological polar surface area (TPSA) is 131 Å². The van der Waals surface area contributed by atoms with E-state index >= 15 is 0 Å². The third-order valence-corrected chi connectivity index (χ3v) is 7.00. The minimum absolute atomic E-state index is 0.138. The summed E-state index contributed by atoms with van der Waals surface area (Å²) in [6.07, 6.45) is 4.32. The molecule has 0 saturated carbocycles. The monoisotopic (exact) mass is 516 g/mol. The van der Waals surface area contributed by atoms with Crippen molar-refractivity contribution in [3.05, 3.63) is 72.1 Å². The van der Waals surface area contributed by atoms with E-state index in [1.807, 2.05) is 60.9 Å². The third kappa shape index (κ3) is 6.12. The highest BCUT2D eigenvalue weighted by Gasteiger charge is 2.31. The average molecular weight is 517 g/mol. The van der Waals surface area contributed by atoms with Gasteiger partial charge in [0, 0.05) is 47.0 Å². The van der Waals surface area contributed by atoms with Crippen LogP contribution in [0, 0.1) is 0 Å². The largest absolute Gasteiger partial charge is 0.361 e. The van der Waals surface area contributed by atoms with Crippen LogP contribution < -0.4 is 21.3 Å². The number of fused-ring (bicyclic) bond motifs is 2. The maximum Gasteiger partial charge on any atom is 0.246 e. The van der Waals surface area contributed by atoms with Gasteiger partial charge in [-0.1, -0.05) is 43.3 Å². The molecule has 0 aliphatic heterocycles. The van der Waals surface area contributed by atoms with Crippen molar-refractivity contribution >= 4 is 39.5 Å². The number of benzene rings is 2. The molecule has 0 unspecified atom stereocenters. The van der Waals surface area contributed by atoms with Crippen molar-refractivity contribution in [2.45, 2.75) is 57.8 Å². The number of carbonyl (C=O) groups excluding carboxylic acids is 3. The molecule has 38 heavy (non-hydrogen) atoms. The van der Waals surface area contributed by atoms with Crippen LogP contribution in [0.3, 0.4) is 0 Å². The van der Waals surface area contributed by atoms with Crippen LogP contribution in [0.15, 0.2) is 60.9 Å². The highest BCUT2D eigenvalue weighted by Crippen LogP contribution is 2.21. The van der Waals surface area contributed by atoms with Crippen LogP contribution in [0.1, 0.15) is 38.3 Å². The zero-order valence-corrected chi connectivity index (χ0v) is 22.3. The number of nitrogens with one attached hydrogen (secondary N) is 6. The van der Waals surface area contributed by atoms with Gasteiger partial charge in [-0.3, -0.25) is 25.0 Å². The Hall–Kier alpha value is -3.95. The van der Waals surface area contributed by atoms with Gasteiger partial charge in [-0.25, -0.2) is 0 Å². The molecule has 2 aromatic carbocycles. The van der Waals surface area contributed by atoms with E-state index in [1.165, 1.54) is 0 Å². The summed E-state index contributed by atoms with van der Waals surface area (Å²) in [6, 6.07) is 15.0.